The van der Waals surface area contributed by atoms with Crippen molar-refractivity contribution in [1.29, 1.82) is 0 Å². The maximum Gasteiger partial charge on any atom is 0.147 e. The van der Waals surface area contributed by atoms with Crippen molar-refractivity contribution in [2.75, 3.05) is 13.4 Å². The molecular weight excluding hydrogens is 263 g/mol. The Morgan fingerprint density at radius 1 is 1.67 bits per heavy atom. The third kappa shape index (κ3) is 1.67. The van der Waals surface area contributed by atoms with Crippen LogP contribution in [0.15, 0.2) is 10.5 Å². The standard InChI is InChI=1S/C7H6BrClO2S/c8-4-1-6(12-7(4)9)5-2-10-3-11-5/h1,5H,2-3H2. The van der Waals surface area contributed by atoms with Crippen LogP contribution in [-0.2, 0) is 9.47 Å². The molecule has 2 rings (SSSR count). The van der Waals surface area contributed by atoms with Gasteiger partial charge in [-0.3, -0.25) is 0 Å². The second kappa shape index (κ2) is 3.64. The van der Waals surface area contributed by atoms with Gasteiger partial charge in [0.05, 0.1) is 6.61 Å². The van der Waals surface area contributed by atoms with E-state index in [1.54, 1.807) is 0 Å². The highest BCUT2D eigenvalue weighted by atomic mass is 79.9. The maximum absolute atomic E-state index is 5.88. The minimum absolute atomic E-state index is 0.0683. The Kier molecular flexibility index (Phi) is 2.72. The molecule has 0 aromatic carbocycles. The van der Waals surface area contributed by atoms with Gasteiger partial charge in [0.25, 0.3) is 0 Å². The van der Waals surface area contributed by atoms with E-state index in [0.29, 0.717) is 13.4 Å². The van der Waals surface area contributed by atoms with Crippen LogP contribution in [0, 0.1) is 0 Å². The summed E-state index contributed by atoms with van der Waals surface area (Å²) in [5, 5.41) is 0. The number of thiophene rings is 1. The molecule has 0 saturated carbocycles. The van der Waals surface area contributed by atoms with Gasteiger partial charge in [0.15, 0.2) is 0 Å². The van der Waals surface area contributed by atoms with E-state index < -0.39 is 0 Å². The quantitative estimate of drug-likeness (QED) is 0.779. The van der Waals surface area contributed by atoms with E-state index in [-0.39, 0.29) is 6.10 Å². The van der Waals surface area contributed by atoms with Crippen LogP contribution in [0.1, 0.15) is 11.0 Å². The molecule has 1 aromatic heterocycles. The predicted octanol–water partition coefficient (Wildman–Crippen LogP) is 3.21. The predicted molar refractivity (Wildman–Crippen MR) is 51.7 cm³/mol. The zero-order chi connectivity index (χ0) is 8.55. The molecule has 1 unspecified atom stereocenters. The van der Waals surface area contributed by atoms with Crippen LogP contribution in [0.5, 0.6) is 0 Å². The van der Waals surface area contributed by atoms with E-state index in [0.717, 1.165) is 13.7 Å². The SMILES string of the molecule is Clc1sc(C2COCO2)cc1Br. The van der Waals surface area contributed by atoms with Crippen molar-refractivity contribution in [2.24, 2.45) is 0 Å². The monoisotopic (exact) mass is 268 g/mol. The van der Waals surface area contributed by atoms with Gasteiger partial charge in [0.2, 0.25) is 0 Å². The first-order chi connectivity index (χ1) is 5.77. The van der Waals surface area contributed by atoms with E-state index in [1.807, 2.05) is 6.07 Å². The molecule has 0 amide bonds. The fourth-order valence-corrected chi connectivity index (χ4v) is 2.79. The van der Waals surface area contributed by atoms with Crippen molar-refractivity contribution in [3.05, 3.63) is 19.8 Å². The molecule has 0 aliphatic carbocycles. The number of halogens is 2. The van der Waals surface area contributed by atoms with Crippen LogP contribution >= 0.6 is 38.9 Å². The normalized spacial score (nSPS) is 23.3. The first-order valence-corrected chi connectivity index (χ1v) is 5.40. The first kappa shape index (κ1) is 8.97. The van der Waals surface area contributed by atoms with Crippen LogP contribution < -0.4 is 0 Å². The van der Waals surface area contributed by atoms with Crippen molar-refractivity contribution in [1.82, 2.24) is 0 Å². The zero-order valence-corrected chi connectivity index (χ0v) is 9.21. The highest BCUT2D eigenvalue weighted by Gasteiger charge is 2.21. The Morgan fingerprint density at radius 3 is 3.00 bits per heavy atom. The average molecular weight is 270 g/mol. The summed E-state index contributed by atoms with van der Waals surface area (Å²) in [5.74, 6) is 0. The summed E-state index contributed by atoms with van der Waals surface area (Å²) < 4.78 is 12.1. The van der Waals surface area contributed by atoms with Crippen molar-refractivity contribution < 1.29 is 9.47 Å². The van der Waals surface area contributed by atoms with E-state index in [1.165, 1.54) is 11.3 Å². The molecule has 0 bridgehead atoms. The first-order valence-electron chi connectivity index (χ1n) is 3.41. The minimum atomic E-state index is 0.0683. The number of ether oxygens (including phenoxy) is 2. The van der Waals surface area contributed by atoms with Crippen LogP contribution in [0.25, 0.3) is 0 Å². The Bertz CT molecular complexity index is 263. The number of hydrogen-bond donors (Lipinski definition) is 0. The summed E-state index contributed by atoms with van der Waals surface area (Å²) in [4.78, 5) is 1.12. The molecule has 1 atom stereocenters. The fraction of sp³-hybridized carbons (Fsp3) is 0.429. The molecule has 2 heterocycles. The van der Waals surface area contributed by atoms with Crippen molar-refractivity contribution in [3.63, 3.8) is 0 Å². The number of rotatable bonds is 1. The summed E-state index contributed by atoms with van der Waals surface area (Å²) in [7, 11) is 0. The van der Waals surface area contributed by atoms with Crippen molar-refractivity contribution >= 4 is 38.9 Å². The molecule has 66 valence electrons. The largest absolute Gasteiger partial charge is 0.352 e. The molecule has 0 spiro atoms. The maximum atomic E-state index is 5.88. The fourth-order valence-electron chi connectivity index (χ4n) is 1.02. The second-order valence-electron chi connectivity index (χ2n) is 2.41. The molecule has 0 N–H and O–H groups in total. The third-order valence-corrected chi connectivity index (χ3v) is 4.17. The van der Waals surface area contributed by atoms with Gasteiger partial charge < -0.3 is 9.47 Å². The van der Waals surface area contributed by atoms with Gasteiger partial charge in [-0.25, -0.2) is 0 Å². The van der Waals surface area contributed by atoms with E-state index in [4.69, 9.17) is 21.1 Å². The van der Waals surface area contributed by atoms with Gasteiger partial charge >= 0.3 is 0 Å². The molecule has 1 aliphatic heterocycles. The molecule has 5 heteroatoms. The third-order valence-electron chi connectivity index (χ3n) is 1.60. The van der Waals surface area contributed by atoms with Gasteiger partial charge in [-0.1, -0.05) is 11.6 Å². The zero-order valence-electron chi connectivity index (χ0n) is 6.05. The van der Waals surface area contributed by atoms with Crippen LogP contribution in [0.3, 0.4) is 0 Å². The van der Waals surface area contributed by atoms with Crippen molar-refractivity contribution in [3.8, 4) is 0 Å². The molecule has 1 aromatic rings. The van der Waals surface area contributed by atoms with Gasteiger partial charge in [-0.15, -0.1) is 11.3 Å². The number of hydrogen-bond acceptors (Lipinski definition) is 3. The molecular formula is C7H6BrClO2S. The van der Waals surface area contributed by atoms with E-state index in [9.17, 15) is 0 Å². The lowest BCUT2D eigenvalue weighted by atomic mass is 10.3. The topological polar surface area (TPSA) is 18.5 Å². The second-order valence-corrected chi connectivity index (χ2v) is 4.95. The highest BCUT2D eigenvalue weighted by Crippen LogP contribution is 2.37. The minimum Gasteiger partial charge on any atom is -0.352 e. The Labute approximate surface area is 87.6 Å². The summed E-state index contributed by atoms with van der Waals surface area (Å²) >= 11 is 10.8. The lowest BCUT2D eigenvalue weighted by Crippen LogP contribution is -1.95. The average Bonchev–Trinajstić information content (AvgIpc) is 2.61. The lowest BCUT2D eigenvalue weighted by molar-refractivity contribution is 0.0474. The molecule has 12 heavy (non-hydrogen) atoms. The van der Waals surface area contributed by atoms with Gasteiger partial charge in [0, 0.05) is 9.35 Å². The van der Waals surface area contributed by atoms with Gasteiger partial charge in [-0.05, 0) is 22.0 Å². The highest BCUT2D eigenvalue weighted by molar-refractivity contribution is 9.10. The molecule has 1 saturated heterocycles. The Hall–Kier alpha value is 0.390. The van der Waals surface area contributed by atoms with E-state index >= 15 is 0 Å². The van der Waals surface area contributed by atoms with Crippen molar-refractivity contribution in [2.45, 2.75) is 6.10 Å². The Balaban J connectivity index is 2.21. The summed E-state index contributed by atoms with van der Waals surface area (Å²) in [6.07, 6.45) is 0.0683. The summed E-state index contributed by atoms with van der Waals surface area (Å²) in [6, 6.07) is 1.98. The van der Waals surface area contributed by atoms with Crippen LogP contribution in [0.4, 0.5) is 0 Å². The summed E-state index contributed by atoms with van der Waals surface area (Å²) in [6.45, 7) is 1.01. The lowest BCUT2D eigenvalue weighted by Gasteiger charge is -2.01. The molecule has 2 nitrogen and oxygen atoms in total. The van der Waals surface area contributed by atoms with Gasteiger partial charge in [-0.2, -0.15) is 0 Å². The van der Waals surface area contributed by atoms with Crippen LogP contribution in [-0.4, -0.2) is 13.4 Å². The van der Waals surface area contributed by atoms with E-state index in [2.05, 4.69) is 15.9 Å². The smallest absolute Gasteiger partial charge is 0.147 e. The molecule has 1 aliphatic rings. The molecule has 1 fully saturated rings. The summed E-state index contributed by atoms with van der Waals surface area (Å²) in [5.41, 5.74) is 0. The Morgan fingerprint density at radius 2 is 2.50 bits per heavy atom. The molecule has 0 radical (unpaired) electrons. The van der Waals surface area contributed by atoms with Crippen LogP contribution in [0.2, 0.25) is 4.34 Å². The van der Waals surface area contributed by atoms with Gasteiger partial charge in [0.1, 0.15) is 17.2 Å².